The van der Waals surface area contributed by atoms with Crippen LogP contribution in [0.15, 0.2) is 33.8 Å². The fourth-order valence-corrected chi connectivity index (χ4v) is 6.65. The molecule has 2 unspecified atom stereocenters. The van der Waals surface area contributed by atoms with Crippen molar-refractivity contribution >= 4 is 40.0 Å². The molecule has 10 heteroatoms. The summed E-state index contributed by atoms with van der Waals surface area (Å²) in [6.07, 6.45) is 2.63. The summed E-state index contributed by atoms with van der Waals surface area (Å²) in [5.74, 6) is -0.856. The number of aryl methyl sites for hydroxylation is 1. The molecule has 1 aliphatic carbocycles. The quantitative estimate of drug-likeness (QED) is 0.258. The number of carbonyl (C=O) groups excluding carboxylic acids is 2. The lowest BCUT2D eigenvalue weighted by Crippen LogP contribution is -2.36. The van der Waals surface area contributed by atoms with Crippen LogP contribution >= 0.6 is 23.1 Å². The number of esters is 1. The Balaban J connectivity index is 1.57. The van der Waals surface area contributed by atoms with Gasteiger partial charge in [0.15, 0.2) is 5.95 Å². The van der Waals surface area contributed by atoms with Crippen molar-refractivity contribution in [1.82, 2.24) is 5.27 Å². The third-order valence-electron chi connectivity index (χ3n) is 6.71. The van der Waals surface area contributed by atoms with Crippen LogP contribution in [0.1, 0.15) is 67.4 Å². The Morgan fingerprint density at radius 2 is 2.03 bits per heavy atom. The van der Waals surface area contributed by atoms with Crippen molar-refractivity contribution in [2.75, 3.05) is 11.9 Å². The summed E-state index contributed by atoms with van der Waals surface area (Å²) < 4.78 is 11.6. The highest BCUT2D eigenvalue weighted by atomic mass is 32.2. The minimum absolute atomic E-state index is 0.155. The summed E-state index contributed by atoms with van der Waals surface area (Å²) in [5.41, 5.74) is 3.33. The average Bonchev–Trinajstić information content (AvgIpc) is 3.38. The second-order valence-electron chi connectivity index (χ2n) is 10.4. The van der Waals surface area contributed by atoms with Gasteiger partial charge in [-0.3, -0.25) is 4.79 Å². The Morgan fingerprint density at radius 3 is 2.68 bits per heavy atom. The van der Waals surface area contributed by atoms with Crippen molar-refractivity contribution in [2.45, 2.75) is 71.1 Å². The molecule has 2 heterocycles. The smallest absolute Gasteiger partial charge is 0.341 e. The first-order valence-electron chi connectivity index (χ1n) is 12.4. The number of hydrogen-bond acceptors (Lipinski definition) is 8. The molecular weight excluding hydrogens is 510 g/mol. The molecule has 0 saturated heterocycles. The van der Waals surface area contributed by atoms with E-state index in [1.165, 1.54) is 16.0 Å². The maximum absolute atomic E-state index is 13.3. The predicted octanol–water partition coefficient (Wildman–Crippen LogP) is 4.84. The van der Waals surface area contributed by atoms with Gasteiger partial charge in [0.2, 0.25) is 11.6 Å². The molecule has 1 aromatic carbocycles. The number of ether oxygens (including phenoxy) is 1. The molecule has 0 saturated carbocycles. The molecule has 37 heavy (non-hydrogen) atoms. The number of rotatable bonds is 7. The number of fused-ring (bicyclic) bond motifs is 1. The van der Waals surface area contributed by atoms with Crippen LogP contribution in [-0.4, -0.2) is 29.0 Å². The lowest BCUT2D eigenvalue weighted by molar-refractivity contribution is -0.705. The number of amides is 1. The number of nitrogens with zero attached hydrogens (tertiary/aromatic N) is 2. The highest BCUT2D eigenvalue weighted by molar-refractivity contribution is 8.00. The first kappa shape index (κ1) is 27.2. The molecule has 1 N–H and O–H groups in total. The van der Waals surface area contributed by atoms with Gasteiger partial charge in [0.1, 0.15) is 5.00 Å². The number of carbonyl (C=O) groups is 2. The Morgan fingerprint density at radius 1 is 1.32 bits per heavy atom. The molecule has 0 radical (unpaired) electrons. The topological polar surface area (TPSA) is 108 Å². The maximum atomic E-state index is 13.3. The van der Waals surface area contributed by atoms with E-state index >= 15 is 0 Å². The Hall–Kier alpha value is -2.85. The number of nitrogens with one attached hydrogen (secondary N) is 1. The zero-order valence-electron chi connectivity index (χ0n) is 22.0. The number of thiophene rings is 1. The number of aromatic nitrogens is 2. The lowest BCUT2D eigenvalue weighted by atomic mass is 9.72. The van der Waals surface area contributed by atoms with Gasteiger partial charge < -0.3 is 19.7 Å². The van der Waals surface area contributed by atoms with Crippen LogP contribution in [0.5, 0.6) is 5.95 Å². The molecular formula is C27H33N3O5S2. The van der Waals surface area contributed by atoms with Crippen LogP contribution < -0.4 is 15.1 Å². The molecule has 2 atom stereocenters. The standard InChI is InChI=1S/C27H33N3O5S2/c1-7-34-25(32)21-19-13-10-17(27(4,5)6)14-20(19)37-23(21)28-22(31)16(3)36-24-26(33)35-29-30(24)18-11-8-15(2)9-12-18/h8-9,11-12,16-17H,7,10,13-14H2,1-6H3,(H-,28,29,31,32,33). The first-order chi connectivity index (χ1) is 17.5. The highest BCUT2D eigenvalue weighted by Crippen LogP contribution is 2.44. The van der Waals surface area contributed by atoms with Crippen molar-refractivity contribution in [3.63, 3.8) is 0 Å². The van der Waals surface area contributed by atoms with Gasteiger partial charge in [0, 0.05) is 17.0 Å². The maximum Gasteiger partial charge on any atom is 0.341 e. The molecule has 8 nitrogen and oxygen atoms in total. The van der Waals surface area contributed by atoms with E-state index in [4.69, 9.17) is 9.26 Å². The zero-order chi connectivity index (χ0) is 26.9. The minimum atomic E-state index is -0.653. The predicted molar refractivity (Wildman–Crippen MR) is 141 cm³/mol. The Kier molecular flexibility index (Phi) is 7.99. The summed E-state index contributed by atoms with van der Waals surface area (Å²) >= 11 is 2.52. The van der Waals surface area contributed by atoms with Gasteiger partial charge in [-0.05, 0) is 73.4 Å². The van der Waals surface area contributed by atoms with Crippen LogP contribution in [0.25, 0.3) is 5.69 Å². The number of anilines is 1. The van der Waals surface area contributed by atoms with E-state index in [2.05, 4.69) is 31.4 Å². The summed E-state index contributed by atoms with van der Waals surface area (Å²) in [6.45, 7) is 12.4. The van der Waals surface area contributed by atoms with Gasteiger partial charge in [-0.1, -0.05) is 38.5 Å². The van der Waals surface area contributed by atoms with Crippen LogP contribution in [0.3, 0.4) is 0 Å². The van der Waals surface area contributed by atoms with E-state index in [1.54, 1.807) is 13.8 Å². The molecule has 0 spiro atoms. The first-order valence-corrected chi connectivity index (χ1v) is 14.1. The Bertz CT molecular complexity index is 1290. The SMILES string of the molecule is CCOC(=O)c1c(NC(=O)C(C)Sc2c([O-])on[n+]2-c2ccc(C)cc2)sc2c1CCC(C(C)(C)C)C2. The molecule has 1 amide bonds. The van der Waals surface area contributed by atoms with E-state index in [0.717, 1.165) is 47.0 Å². The van der Waals surface area contributed by atoms with Crippen LogP contribution in [0.2, 0.25) is 0 Å². The van der Waals surface area contributed by atoms with E-state index in [0.29, 0.717) is 22.2 Å². The molecule has 1 aliphatic rings. The second kappa shape index (κ2) is 10.9. The van der Waals surface area contributed by atoms with Gasteiger partial charge in [-0.25, -0.2) is 4.79 Å². The Labute approximate surface area is 225 Å². The fourth-order valence-electron chi connectivity index (χ4n) is 4.46. The van der Waals surface area contributed by atoms with E-state index < -0.39 is 17.2 Å². The zero-order valence-corrected chi connectivity index (χ0v) is 23.7. The monoisotopic (exact) mass is 543 g/mol. The fraction of sp³-hybridized carbons (Fsp3) is 0.481. The van der Waals surface area contributed by atoms with Gasteiger partial charge in [0.05, 0.1) is 22.7 Å². The minimum Gasteiger partial charge on any atom is -0.538 e. The number of thioether (sulfide) groups is 1. The number of hydrogen-bond donors (Lipinski definition) is 1. The van der Waals surface area contributed by atoms with Crippen molar-refractivity contribution in [3.8, 4) is 11.6 Å². The summed E-state index contributed by atoms with van der Waals surface area (Å²) in [5, 5.41) is 19.3. The van der Waals surface area contributed by atoms with Gasteiger partial charge >= 0.3 is 5.97 Å². The van der Waals surface area contributed by atoms with Crippen LogP contribution in [0.4, 0.5) is 5.00 Å². The van der Waals surface area contributed by atoms with Crippen molar-refractivity contribution in [2.24, 2.45) is 11.3 Å². The van der Waals surface area contributed by atoms with Gasteiger partial charge in [-0.15, -0.1) is 11.3 Å². The van der Waals surface area contributed by atoms with E-state index in [-0.39, 0.29) is 23.0 Å². The third kappa shape index (κ3) is 5.85. The van der Waals surface area contributed by atoms with Crippen molar-refractivity contribution in [3.05, 3.63) is 45.8 Å². The normalized spacial score (nSPS) is 16.2. The largest absolute Gasteiger partial charge is 0.538 e. The molecule has 198 valence electrons. The summed E-state index contributed by atoms with van der Waals surface area (Å²) in [7, 11) is 0. The summed E-state index contributed by atoms with van der Waals surface area (Å²) in [4.78, 5) is 27.3. The molecule has 2 aromatic heterocycles. The average molecular weight is 544 g/mol. The molecule has 0 bridgehead atoms. The molecule has 3 aromatic rings. The van der Waals surface area contributed by atoms with Crippen molar-refractivity contribution < 1.29 is 28.6 Å². The number of benzene rings is 1. The molecule has 4 rings (SSSR count). The summed E-state index contributed by atoms with van der Waals surface area (Å²) in [6, 6.07) is 7.48. The lowest BCUT2D eigenvalue weighted by Gasteiger charge is -2.33. The van der Waals surface area contributed by atoms with Crippen LogP contribution in [-0.2, 0) is 22.4 Å². The third-order valence-corrected chi connectivity index (χ3v) is 9.02. The van der Waals surface area contributed by atoms with Gasteiger partial charge in [-0.2, -0.15) is 0 Å². The molecule has 0 fully saturated rings. The van der Waals surface area contributed by atoms with E-state index in [1.807, 2.05) is 31.2 Å². The van der Waals surface area contributed by atoms with E-state index in [9.17, 15) is 14.7 Å². The molecule has 0 aliphatic heterocycles. The second-order valence-corrected chi connectivity index (χ2v) is 12.8. The van der Waals surface area contributed by atoms with Gasteiger partial charge in [0.25, 0.3) is 5.03 Å². The van der Waals surface area contributed by atoms with Crippen LogP contribution in [0, 0.1) is 18.3 Å². The van der Waals surface area contributed by atoms with Crippen molar-refractivity contribution in [1.29, 1.82) is 0 Å². The highest BCUT2D eigenvalue weighted by Gasteiger charge is 2.35.